The first kappa shape index (κ1) is 16.3. The number of imidazole rings is 1. The van der Waals surface area contributed by atoms with Crippen LogP contribution in [-0.4, -0.2) is 45.0 Å². The zero-order chi connectivity index (χ0) is 19.2. The summed E-state index contributed by atoms with van der Waals surface area (Å²) in [5.41, 5.74) is 6.53. The van der Waals surface area contributed by atoms with Gasteiger partial charge in [0.1, 0.15) is 11.2 Å². The van der Waals surface area contributed by atoms with Crippen molar-refractivity contribution in [2.45, 2.75) is 6.42 Å². The topological polar surface area (TPSA) is 101 Å². The third-order valence-electron chi connectivity index (χ3n) is 5.28. The number of nitrogens with zero attached hydrogens (tertiary/aromatic N) is 3. The first-order chi connectivity index (χ1) is 14.3. The number of ether oxygens (including phenoxy) is 2. The molecule has 0 amide bonds. The predicted octanol–water partition coefficient (Wildman–Crippen LogP) is 3.12. The molecule has 0 spiro atoms. The van der Waals surface area contributed by atoms with E-state index in [1.54, 1.807) is 6.20 Å². The van der Waals surface area contributed by atoms with Crippen LogP contribution in [-0.2, 0) is 0 Å². The van der Waals surface area contributed by atoms with Crippen LogP contribution in [0.2, 0.25) is 0 Å². The minimum Gasteiger partial charge on any atom is -0.454 e. The van der Waals surface area contributed by atoms with Gasteiger partial charge in [0.2, 0.25) is 6.79 Å². The van der Waals surface area contributed by atoms with Crippen LogP contribution in [0.25, 0.3) is 39.4 Å². The van der Waals surface area contributed by atoms with Gasteiger partial charge in [0, 0.05) is 18.3 Å². The van der Waals surface area contributed by atoms with E-state index >= 15 is 0 Å². The molecule has 5 heterocycles. The lowest BCUT2D eigenvalue weighted by molar-refractivity contribution is 0.174. The van der Waals surface area contributed by atoms with Crippen molar-refractivity contribution < 1.29 is 9.47 Å². The molecular formula is C21H18N6O2. The van der Waals surface area contributed by atoms with Crippen LogP contribution >= 0.6 is 0 Å². The van der Waals surface area contributed by atoms with Gasteiger partial charge in [0.15, 0.2) is 17.3 Å². The monoisotopic (exact) mass is 386 g/mol. The summed E-state index contributed by atoms with van der Waals surface area (Å²) in [7, 11) is 0. The molecule has 3 aromatic heterocycles. The summed E-state index contributed by atoms with van der Waals surface area (Å²) in [6.07, 6.45) is 4.96. The average Bonchev–Trinajstić information content (AvgIpc) is 3.52. The quantitative estimate of drug-likeness (QED) is 0.500. The lowest BCUT2D eigenvalue weighted by atomic mass is 10.1. The molecule has 2 aliphatic heterocycles. The third kappa shape index (κ3) is 2.76. The van der Waals surface area contributed by atoms with Crippen molar-refractivity contribution in [3.05, 3.63) is 48.3 Å². The van der Waals surface area contributed by atoms with Gasteiger partial charge in [-0.1, -0.05) is 6.08 Å². The van der Waals surface area contributed by atoms with Crippen molar-refractivity contribution in [2.24, 2.45) is 0 Å². The fourth-order valence-electron chi connectivity index (χ4n) is 3.79. The van der Waals surface area contributed by atoms with E-state index in [2.05, 4.69) is 31.6 Å². The molecule has 0 atom stereocenters. The largest absolute Gasteiger partial charge is 0.454 e. The van der Waals surface area contributed by atoms with Gasteiger partial charge in [-0.2, -0.15) is 5.10 Å². The van der Waals surface area contributed by atoms with Crippen LogP contribution in [0.3, 0.4) is 0 Å². The second kappa shape index (κ2) is 6.46. The first-order valence-electron chi connectivity index (χ1n) is 9.56. The predicted molar refractivity (Wildman–Crippen MR) is 108 cm³/mol. The number of hydrogen-bond acceptors (Lipinski definition) is 6. The summed E-state index contributed by atoms with van der Waals surface area (Å²) in [6, 6.07) is 9.78. The summed E-state index contributed by atoms with van der Waals surface area (Å²) in [5.74, 6) is 2.19. The molecule has 1 aromatic carbocycles. The molecular weight excluding hydrogens is 368 g/mol. The first-order valence-corrected chi connectivity index (χ1v) is 9.56. The lowest BCUT2D eigenvalue weighted by Gasteiger charge is -2.11. The van der Waals surface area contributed by atoms with E-state index in [9.17, 15) is 0 Å². The SMILES string of the molecule is C1=C(c2cc(-c3nc4c(-c5ccc6c(c5)OCO6)nccc4[nH]3)n[nH]2)CCNC1. The molecule has 0 radical (unpaired) electrons. The molecule has 0 saturated heterocycles. The lowest BCUT2D eigenvalue weighted by Crippen LogP contribution is -2.20. The van der Waals surface area contributed by atoms with Gasteiger partial charge >= 0.3 is 0 Å². The van der Waals surface area contributed by atoms with Gasteiger partial charge < -0.3 is 19.8 Å². The zero-order valence-electron chi connectivity index (χ0n) is 15.5. The molecule has 0 saturated carbocycles. The number of H-pyrrole nitrogens is 2. The number of nitrogens with one attached hydrogen (secondary N) is 3. The minimum absolute atomic E-state index is 0.247. The van der Waals surface area contributed by atoms with Crippen molar-refractivity contribution in [3.8, 4) is 34.3 Å². The highest BCUT2D eigenvalue weighted by atomic mass is 16.7. The number of aromatic nitrogens is 5. The highest BCUT2D eigenvalue weighted by Crippen LogP contribution is 2.37. The highest BCUT2D eigenvalue weighted by molar-refractivity contribution is 5.91. The number of rotatable bonds is 3. The van der Waals surface area contributed by atoms with Crippen LogP contribution in [0.15, 0.2) is 42.6 Å². The highest BCUT2D eigenvalue weighted by Gasteiger charge is 2.18. The van der Waals surface area contributed by atoms with Gasteiger partial charge in [0.25, 0.3) is 0 Å². The third-order valence-corrected chi connectivity index (χ3v) is 5.28. The number of hydrogen-bond donors (Lipinski definition) is 3. The summed E-state index contributed by atoms with van der Waals surface area (Å²) in [5, 5.41) is 10.9. The van der Waals surface area contributed by atoms with Crippen molar-refractivity contribution >= 4 is 16.6 Å². The Labute approximate surface area is 166 Å². The number of pyridine rings is 1. The van der Waals surface area contributed by atoms with E-state index in [1.165, 1.54) is 5.57 Å². The maximum Gasteiger partial charge on any atom is 0.231 e. The van der Waals surface area contributed by atoms with Crippen molar-refractivity contribution in [2.75, 3.05) is 19.9 Å². The van der Waals surface area contributed by atoms with E-state index in [0.717, 1.165) is 64.7 Å². The number of benzene rings is 1. The van der Waals surface area contributed by atoms with Gasteiger partial charge in [0.05, 0.1) is 16.9 Å². The summed E-state index contributed by atoms with van der Waals surface area (Å²) in [4.78, 5) is 12.7. The second-order valence-corrected chi connectivity index (χ2v) is 7.06. The molecule has 8 nitrogen and oxygen atoms in total. The Morgan fingerprint density at radius 3 is 2.93 bits per heavy atom. The number of aromatic amines is 2. The Balaban J connectivity index is 1.41. The van der Waals surface area contributed by atoms with Gasteiger partial charge in [-0.25, -0.2) is 4.98 Å². The summed E-state index contributed by atoms with van der Waals surface area (Å²) in [6.45, 7) is 2.12. The molecule has 3 N–H and O–H groups in total. The van der Waals surface area contributed by atoms with Crippen molar-refractivity contribution in [3.63, 3.8) is 0 Å². The fraction of sp³-hybridized carbons (Fsp3) is 0.190. The zero-order valence-corrected chi connectivity index (χ0v) is 15.5. The summed E-state index contributed by atoms with van der Waals surface area (Å²) < 4.78 is 10.9. The molecule has 144 valence electrons. The molecule has 4 aromatic rings. The van der Waals surface area contributed by atoms with Crippen LogP contribution in [0.1, 0.15) is 12.1 Å². The Hall–Kier alpha value is -3.65. The van der Waals surface area contributed by atoms with Gasteiger partial charge in [-0.05, 0) is 48.9 Å². The smallest absolute Gasteiger partial charge is 0.231 e. The van der Waals surface area contributed by atoms with Crippen LogP contribution < -0.4 is 14.8 Å². The van der Waals surface area contributed by atoms with Gasteiger partial charge in [-0.15, -0.1) is 0 Å². The molecule has 29 heavy (non-hydrogen) atoms. The van der Waals surface area contributed by atoms with E-state index in [-0.39, 0.29) is 6.79 Å². The normalized spacial score (nSPS) is 15.7. The van der Waals surface area contributed by atoms with Crippen molar-refractivity contribution in [1.82, 2.24) is 30.5 Å². The molecule has 8 heteroatoms. The molecule has 0 unspecified atom stereocenters. The van der Waals surface area contributed by atoms with Crippen LogP contribution in [0.4, 0.5) is 0 Å². The van der Waals surface area contributed by atoms with E-state index in [4.69, 9.17) is 14.5 Å². The van der Waals surface area contributed by atoms with E-state index in [0.29, 0.717) is 5.82 Å². The number of fused-ring (bicyclic) bond motifs is 2. The maximum absolute atomic E-state index is 5.51. The Morgan fingerprint density at radius 2 is 2.00 bits per heavy atom. The maximum atomic E-state index is 5.51. The minimum atomic E-state index is 0.247. The Bertz CT molecular complexity index is 1260. The Kier molecular flexibility index (Phi) is 3.63. The molecule has 0 bridgehead atoms. The molecule has 6 rings (SSSR count). The standard InChI is InChI=1S/C21H18N6O2/c1-2-17-18(29-11-28-17)9-13(1)19-20-14(5-8-23-19)24-21(25-20)16-10-15(26-27-16)12-3-6-22-7-4-12/h1-3,5,8-10,22H,4,6-7,11H2,(H,24,25)(H,26,27). The second-order valence-electron chi connectivity index (χ2n) is 7.06. The van der Waals surface area contributed by atoms with E-state index < -0.39 is 0 Å². The van der Waals surface area contributed by atoms with Crippen LogP contribution in [0.5, 0.6) is 11.5 Å². The molecule has 0 aliphatic carbocycles. The Morgan fingerprint density at radius 1 is 1.03 bits per heavy atom. The van der Waals surface area contributed by atoms with E-state index in [1.807, 2.05) is 30.3 Å². The van der Waals surface area contributed by atoms with Gasteiger partial charge in [-0.3, -0.25) is 10.1 Å². The summed E-state index contributed by atoms with van der Waals surface area (Å²) >= 11 is 0. The fourth-order valence-corrected chi connectivity index (χ4v) is 3.79. The van der Waals surface area contributed by atoms with Crippen molar-refractivity contribution in [1.29, 1.82) is 0 Å². The average molecular weight is 386 g/mol. The molecule has 0 fully saturated rings. The van der Waals surface area contributed by atoms with Crippen LogP contribution in [0, 0.1) is 0 Å². The molecule has 2 aliphatic rings.